The third-order valence-corrected chi connectivity index (χ3v) is 7.73. The number of hydrogen-bond acceptors (Lipinski definition) is 4. The number of rotatable bonds is 6. The topological polar surface area (TPSA) is 54.5 Å². The van der Waals surface area contributed by atoms with Gasteiger partial charge in [0.25, 0.3) is 0 Å². The largest absolute Gasteiger partial charge is 0.341 e. The highest BCUT2D eigenvalue weighted by Gasteiger charge is 2.35. The number of sulfone groups is 1. The highest BCUT2D eigenvalue weighted by Crippen LogP contribution is 2.24. The Labute approximate surface area is 159 Å². The molecule has 1 atom stereocenters. The average Bonchev–Trinajstić information content (AvgIpc) is 3.18. The molecule has 26 heavy (non-hydrogen) atoms. The Bertz CT molecular complexity index is 848. The van der Waals surface area contributed by atoms with E-state index in [9.17, 15) is 13.2 Å². The highest BCUT2D eigenvalue weighted by atomic mass is 32.2. The van der Waals surface area contributed by atoms with Crippen molar-refractivity contribution in [3.8, 4) is 0 Å². The molecule has 0 aromatic heterocycles. The van der Waals surface area contributed by atoms with Crippen molar-refractivity contribution in [2.45, 2.75) is 34.3 Å². The summed E-state index contributed by atoms with van der Waals surface area (Å²) in [6, 6.07) is 16.7. The van der Waals surface area contributed by atoms with Crippen LogP contribution in [0.3, 0.4) is 0 Å². The van der Waals surface area contributed by atoms with Gasteiger partial charge in [0.2, 0.25) is 5.91 Å². The van der Waals surface area contributed by atoms with E-state index in [4.69, 9.17) is 0 Å². The zero-order valence-corrected chi connectivity index (χ0v) is 16.4. The molecule has 1 saturated heterocycles. The summed E-state index contributed by atoms with van der Waals surface area (Å²) in [5.41, 5.74) is 1.13. The van der Waals surface area contributed by atoms with Gasteiger partial charge in [0.15, 0.2) is 9.84 Å². The van der Waals surface area contributed by atoms with E-state index < -0.39 is 15.1 Å². The zero-order valence-electron chi connectivity index (χ0n) is 14.8. The third-order valence-electron chi connectivity index (χ3n) is 4.79. The summed E-state index contributed by atoms with van der Waals surface area (Å²) >= 11 is 1.69. The molecule has 1 heterocycles. The maximum absolute atomic E-state index is 12.7. The number of carbonyl (C=O) groups excluding carboxylic acids is 1. The first-order valence-corrected chi connectivity index (χ1v) is 11.5. The van der Waals surface area contributed by atoms with E-state index in [1.54, 1.807) is 47.0 Å². The van der Waals surface area contributed by atoms with Crippen molar-refractivity contribution in [1.82, 2.24) is 4.90 Å². The van der Waals surface area contributed by atoms with E-state index in [1.165, 1.54) is 4.90 Å². The quantitative estimate of drug-likeness (QED) is 0.711. The monoisotopic (exact) mass is 389 g/mol. The second kappa shape index (κ2) is 8.27. The molecular weight excluding hydrogens is 366 g/mol. The van der Waals surface area contributed by atoms with Crippen LogP contribution in [-0.2, 0) is 21.1 Å². The lowest BCUT2D eigenvalue weighted by molar-refractivity contribution is -0.130. The van der Waals surface area contributed by atoms with E-state index >= 15 is 0 Å². The molecule has 138 valence electrons. The van der Waals surface area contributed by atoms with Gasteiger partial charge in [-0.05, 0) is 48.9 Å². The molecule has 2 aromatic carbocycles. The SMILES string of the molecule is CSc1ccc(CCC(=O)N2CCC(S(=O)(=O)c3ccccc3)C2)cc1. The van der Waals surface area contributed by atoms with E-state index in [1.807, 2.05) is 18.4 Å². The van der Waals surface area contributed by atoms with E-state index in [0.29, 0.717) is 37.2 Å². The summed E-state index contributed by atoms with van der Waals surface area (Å²) in [5, 5.41) is -0.505. The normalized spacial score (nSPS) is 17.4. The van der Waals surface area contributed by atoms with Gasteiger partial charge in [-0.15, -0.1) is 11.8 Å². The Kier molecular flexibility index (Phi) is 6.04. The van der Waals surface area contributed by atoms with Gasteiger partial charge < -0.3 is 4.90 Å². The van der Waals surface area contributed by atoms with Crippen LogP contribution in [-0.4, -0.2) is 43.8 Å². The first kappa shape index (κ1) is 19.0. The smallest absolute Gasteiger partial charge is 0.222 e. The summed E-state index contributed by atoms with van der Waals surface area (Å²) in [5.74, 6) is 0.0321. The number of aryl methyl sites for hydroxylation is 1. The first-order valence-electron chi connectivity index (χ1n) is 8.70. The van der Waals surface area contributed by atoms with E-state index in [2.05, 4.69) is 12.1 Å². The Morgan fingerprint density at radius 1 is 1.12 bits per heavy atom. The van der Waals surface area contributed by atoms with Crippen molar-refractivity contribution >= 4 is 27.5 Å². The average molecular weight is 390 g/mol. The zero-order chi connectivity index (χ0) is 18.6. The molecule has 6 heteroatoms. The minimum absolute atomic E-state index is 0.0321. The number of carbonyl (C=O) groups is 1. The van der Waals surface area contributed by atoms with Crippen molar-refractivity contribution in [3.63, 3.8) is 0 Å². The maximum atomic E-state index is 12.7. The molecule has 1 fully saturated rings. The Morgan fingerprint density at radius 3 is 2.46 bits per heavy atom. The fourth-order valence-electron chi connectivity index (χ4n) is 3.21. The van der Waals surface area contributed by atoms with Gasteiger partial charge in [0.05, 0.1) is 10.1 Å². The minimum Gasteiger partial charge on any atom is -0.341 e. The van der Waals surface area contributed by atoms with E-state index in [0.717, 1.165) is 5.56 Å². The Morgan fingerprint density at radius 2 is 1.81 bits per heavy atom. The lowest BCUT2D eigenvalue weighted by Gasteiger charge is -2.17. The molecule has 0 radical (unpaired) electrons. The van der Waals surface area contributed by atoms with Crippen LogP contribution in [0.5, 0.6) is 0 Å². The molecule has 4 nitrogen and oxygen atoms in total. The van der Waals surface area contributed by atoms with Gasteiger partial charge in [-0.1, -0.05) is 30.3 Å². The Balaban J connectivity index is 1.57. The van der Waals surface area contributed by atoms with Gasteiger partial charge in [-0.25, -0.2) is 8.42 Å². The first-order chi connectivity index (χ1) is 12.5. The molecule has 1 amide bonds. The van der Waals surface area contributed by atoms with Gasteiger partial charge >= 0.3 is 0 Å². The molecule has 3 rings (SSSR count). The van der Waals surface area contributed by atoms with Crippen LogP contribution in [0.25, 0.3) is 0 Å². The van der Waals surface area contributed by atoms with Crippen LogP contribution in [0.2, 0.25) is 0 Å². The predicted molar refractivity (Wildman–Crippen MR) is 105 cm³/mol. The van der Waals surface area contributed by atoms with Crippen molar-refractivity contribution in [3.05, 3.63) is 60.2 Å². The van der Waals surface area contributed by atoms with Crippen molar-refractivity contribution < 1.29 is 13.2 Å². The van der Waals surface area contributed by atoms with Crippen LogP contribution in [0.1, 0.15) is 18.4 Å². The van der Waals surface area contributed by atoms with Crippen LogP contribution in [0.15, 0.2) is 64.4 Å². The summed E-state index contributed by atoms with van der Waals surface area (Å²) in [4.78, 5) is 15.7. The van der Waals surface area contributed by atoms with Gasteiger partial charge in [-0.3, -0.25) is 4.79 Å². The van der Waals surface area contributed by atoms with Crippen molar-refractivity contribution in [2.24, 2.45) is 0 Å². The number of amides is 1. The standard InChI is InChI=1S/C20H23NO3S2/c1-25-17-10-7-16(8-11-17)9-12-20(22)21-14-13-19(15-21)26(23,24)18-5-3-2-4-6-18/h2-8,10-11,19H,9,12-15H2,1H3. The molecule has 0 bridgehead atoms. The molecule has 0 N–H and O–H groups in total. The summed E-state index contributed by atoms with van der Waals surface area (Å²) < 4.78 is 25.4. The minimum atomic E-state index is -3.38. The van der Waals surface area contributed by atoms with Gasteiger partial charge in [-0.2, -0.15) is 0 Å². The lowest BCUT2D eigenvalue weighted by Crippen LogP contribution is -2.32. The number of hydrogen-bond donors (Lipinski definition) is 0. The molecule has 1 aliphatic rings. The summed E-state index contributed by atoms with van der Waals surface area (Å²) in [6.07, 6.45) is 3.63. The van der Waals surface area contributed by atoms with Gasteiger partial charge in [0.1, 0.15) is 0 Å². The Hall–Kier alpha value is -1.79. The van der Waals surface area contributed by atoms with Crippen LogP contribution >= 0.6 is 11.8 Å². The second-order valence-electron chi connectivity index (χ2n) is 6.46. The molecule has 1 unspecified atom stereocenters. The molecule has 1 aliphatic heterocycles. The molecule has 0 aliphatic carbocycles. The third kappa shape index (κ3) is 4.30. The van der Waals surface area contributed by atoms with Gasteiger partial charge in [0, 0.05) is 24.4 Å². The maximum Gasteiger partial charge on any atom is 0.222 e. The van der Waals surface area contributed by atoms with Crippen LogP contribution in [0.4, 0.5) is 0 Å². The fourth-order valence-corrected chi connectivity index (χ4v) is 5.33. The molecule has 0 spiro atoms. The number of benzene rings is 2. The predicted octanol–water partition coefficient (Wildman–Crippen LogP) is 3.42. The number of thioether (sulfide) groups is 1. The number of nitrogens with zero attached hydrogens (tertiary/aromatic N) is 1. The van der Waals surface area contributed by atoms with E-state index in [-0.39, 0.29) is 5.91 Å². The van der Waals surface area contributed by atoms with Crippen molar-refractivity contribution in [1.29, 1.82) is 0 Å². The van der Waals surface area contributed by atoms with Crippen LogP contribution in [0, 0.1) is 0 Å². The van der Waals surface area contributed by atoms with Crippen LogP contribution < -0.4 is 0 Å². The molecular formula is C20H23NO3S2. The summed E-state index contributed by atoms with van der Waals surface area (Å²) in [7, 11) is -3.38. The number of likely N-dealkylation sites (tertiary alicyclic amines) is 1. The summed E-state index contributed by atoms with van der Waals surface area (Å²) in [6.45, 7) is 0.808. The second-order valence-corrected chi connectivity index (χ2v) is 9.56. The highest BCUT2D eigenvalue weighted by molar-refractivity contribution is 7.98. The van der Waals surface area contributed by atoms with Crippen molar-refractivity contribution in [2.75, 3.05) is 19.3 Å². The lowest BCUT2D eigenvalue weighted by atomic mass is 10.1. The molecule has 2 aromatic rings. The molecule has 0 saturated carbocycles. The fraction of sp³-hybridized carbons (Fsp3) is 0.350.